The van der Waals surface area contributed by atoms with Gasteiger partial charge in [0.2, 0.25) is 0 Å². The Bertz CT molecular complexity index is 499. The lowest BCUT2D eigenvalue weighted by molar-refractivity contribution is -0.130. The molecule has 4 nitrogen and oxygen atoms in total. The van der Waals surface area contributed by atoms with Gasteiger partial charge in [0.05, 0.1) is 5.56 Å². The van der Waals surface area contributed by atoms with Crippen LogP contribution >= 0.6 is 11.6 Å². The highest BCUT2D eigenvalue weighted by molar-refractivity contribution is 6.31. The molecule has 1 N–H and O–H groups in total. The third-order valence-corrected chi connectivity index (χ3v) is 2.90. The second-order valence-electron chi connectivity index (χ2n) is 4.56. The van der Waals surface area contributed by atoms with E-state index in [1.54, 1.807) is 18.2 Å². The molecule has 1 heterocycles. The largest absolute Gasteiger partial charge is 0.448 e. The van der Waals surface area contributed by atoms with Crippen molar-refractivity contribution >= 4 is 23.5 Å². The van der Waals surface area contributed by atoms with Crippen LogP contribution in [0.5, 0.6) is 0 Å². The number of carbonyl (C=O) groups is 2. The van der Waals surface area contributed by atoms with E-state index in [1.165, 1.54) is 0 Å². The predicted octanol–water partition coefficient (Wildman–Crippen LogP) is 1.95. The van der Waals surface area contributed by atoms with Crippen LogP contribution in [-0.4, -0.2) is 24.0 Å². The van der Waals surface area contributed by atoms with Crippen molar-refractivity contribution in [1.29, 1.82) is 0 Å². The van der Waals surface area contributed by atoms with Gasteiger partial charge in [0.15, 0.2) is 6.10 Å². The number of halogens is 1. The van der Waals surface area contributed by atoms with Gasteiger partial charge in [0, 0.05) is 17.5 Å². The Hall–Kier alpha value is -1.55. The lowest BCUT2D eigenvalue weighted by atomic mass is 9.98. The van der Waals surface area contributed by atoms with E-state index < -0.39 is 12.1 Å². The predicted molar refractivity (Wildman–Crippen MR) is 67.6 cm³/mol. The zero-order chi connectivity index (χ0) is 13.3. The molecule has 1 amide bonds. The topological polar surface area (TPSA) is 55.4 Å². The zero-order valence-electron chi connectivity index (χ0n) is 10.2. The Morgan fingerprint density at radius 3 is 2.89 bits per heavy atom. The minimum absolute atomic E-state index is 0.0165. The van der Waals surface area contributed by atoms with Crippen LogP contribution < -0.4 is 5.32 Å². The molecule has 96 valence electrons. The number of fused-ring (bicyclic) bond motifs is 1. The normalized spacial score (nSPS) is 18.2. The van der Waals surface area contributed by atoms with Crippen molar-refractivity contribution in [3.8, 4) is 0 Å². The SMILES string of the molecule is CC(C)NC(=O)[C@H]1Cc2ccc(Cl)cc2C(=O)O1. The standard InChI is InChI=1S/C13H14ClNO3/c1-7(2)15-12(16)11-5-8-3-4-9(14)6-10(8)13(17)18-11/h3-4,6-7,11H,5H2,1-2H3,(H,15,16)/t11-/m1/s1. The number of benzene rings is 1. The highest BCUT2D eigenvalue weighted by Gasteiger charge is 2.31. The fourth-order valence-corrected chi connectivity index (χ4v) is 2.05. The number of hydrogen-bond acceptors (Lipinski definition) is 3. The van der Waals surface area contributed by atoms with Crippen molar-refractivity contribution in [2.75, 3.05) is 0 Å². The first-order chi connectivity index (χ1) is 8.47. The number of rotatable bonds is 2. The molecule has 0 radical (unpaired) electrons. The van der Waals surface area contributed by atoms with Gasteiger partial charge in [0.1, 0.15) is 0 Å². The molecular formula is C13H14ClNO3. The maximum absolute atomic E-state index is 11.8. The molecule has 0 fully saturated rings. The van der Waals surface area contributed by atoms with Crippen LogP contribution in [-0.2, 0) is 16.0 Å². The average molecular weight is 268 g/mol. The first-order valence-corrected chi connectivity index (χ1v) is 6.15. The van der Waals surface area contributed by atoms with E-state index in [-0.39, 0.29) is 11.9 Å². The number of amides is 1. The molecule has 1 aromatic rings. The van der Waals surface area contributed by atoms with Gasteiger partial charge in [-0.3, -0.25) is 4.79 Å². The third-order valence-electron chi connectivity index (χ3n) is 2.67. The second-order valence-corrected chi connectivity index (χ2v) is 5.00. The number of ether oxygens (including phenoxy) is 1. The number of nitrogens with one attached hydrogen (secondary N) is 1. The molecular weight excluding hydrogens is 254 g/mol. The Balaban J connectivity index is 2.20. The van der Waals surface area contributed by atoms with Gasteiger partial charge in [-0.05, 0) is 31.5 Å². The van der Waals surface area contributed by atoms with Crippen LogP contribution in [0.15, 0.2) is 18.2 Å². The van der Waals surface area contributed by atoms with E-state index in [0.29, 0.717) is 17.0 Å². The average Bonchev–Trinajstić information content (AvgIpc) is 2.29. The van der Waals surface area contributed by atoms with Crippen molar-refractivity contribution in [3.05, 3.63) is 34.3 Å². The smallest absolute Gasteiger partial charge is 0.339 e. The summed E-state index contributed by atoms with van der Waals surface area (Å²) < 4.78 is 5.12. The molecule has 2 rings (SSSR count). The summed E-state index contributed by atoms with van der Waals surface area (Å²) in [7, 11) is 0. The van der Waals surface area contributed by atoms with Crippen molar-refractivity contribution in [3.63, 3.8) is 0 Å². The third kappa shape index (κ3) is 2.64. The van der Waals surface area contributed by atoms with Crippen LogP contribution in [0.3, 0.4) is 0 Å². The van der Waals surface area contributed by atoms with E-state index in [2.05, 4.69) is 5.32 Å². The van der Waals surface area contributed by atoms with E-state index >= 15 is 0 Å². The van der Waals surface area contributed by atoms with Crippen molar-refractivity contribution < 1.29 is 14.3 Å². The minimum Gasteiger partial charge on any atom is -0.448 e. The summed E-state index contributed by atoms with van der Waals surface area (Å²) in [5.74, 6) is -0.762. The molecule has 1 aliphatic rings. The second kappa shape index (κ2) is 4.98. The van der Waals surface area contributed by atoms with Gasteiger partial charge in [-0.25, -0.2) is 4.79 Å². The zero-order valence-corrected chi connectivity index (χ0v) is 11.0. The Morgan fingerprint density at radius 1 is 1.50 bits per heavy atom. The summed E-state index contributed by atoms with van der Waals surface area (Å²) in [5.41, 5.74) is 1.23. The molecule has 0 saturated carbocycles. The van der Waals surface area contributed by atoms with Gasteiger partial charge >= 0.3 is 5.97 Å². The van der Waals surface area contributed by atoms with E-state index in [9.17, 15) is 9.59 Å². The Morgan fingerprint density at radius 2 is 2.22 bits per heavy atom. The number of carbonyl (C=O) groups excluding carboxylic acids is 2. The number of cyclic esters (lactones) is 1. The lowest BCUT2D eigenvalue weighted by Crippen LogP contribution is -2.44. The van der Waals surface area contributed by atoms with Crippen molar-refractivity contribution in [1.82, 2.24) is 5.32 Å². The monoisotopic (exact) mass is 267 g/mol. The molecule has 1 atom stereocenters. The summed E-state index contributed by atoms with van der Waals surface area (Å²) in [5, 5.41) is 3.22. The maximum atomic E-state index is 11.8. The van der Waals surface area contributed by atoms with E-state index in [0.717, 1.165) is 5.56 Å². The fourth-order valence-electron chi connectivity index (χ4n) is 1.87. The summed E-state index contributed by atoms with van der Waals surface area (Å²) in [6, 6.07) is 5.04. The van der Waals surface area contributed by atoms with Crippen LogP contribution in [0.4, 0.5) is 0 Å². The lowest BCUT2D eigenvalue weighted by Gasteiger charge is -2.24. The molecule has 18 heavy (non-hydrogen) atoms. The van der Waals surface area contributed by atoms with Gasteiger partial charge in [-0.2, -0.15) is 0 Å². The molecule has 0 aliphatic carbocycles. The van der Waals surface area contributed by atoms with Crippen LogP contribution in [0.1, 0.15) is 29.8 Å². The van der Waals surface area contributed by atoms with Gasteiger partial charge in [-0.15, -0.1) is 0 Å². The summed E-state index contributed by atoms with van der Waals surface area (Å²) in [6.45, 7) is 3.71. The Labute approximate surface area is 110 Å². The van der Waals surface area contributed by atoms with Crippen LogP contribution in [0, 0.1) is 0 Å². The van der Waals surface area contributed by atoms with Crippen molar-refractivity contribution in [2.45, 2.75) is 32.4 Å². The fraction of sp³-hybridized carbons (Fsp3) is 0.385. The number of hydrogen-bond donors (Lipinski definition) is 1. The molecule has 0 spiro atoms. The molecule has 0 saturated heterocycles. The van der Waals surface area contributed by atoms with Crippen molar-refractivity contribution in [2.24, 2.45) is 0 Å². The summed E-state index contributed by atoms with van der Waals surface area (Å²) in [6.07, 6.45) is -0.370. The maximum Gasteiger partial charge on any atom is 0.339 e. The van der Waals surface area contributed by atoms with Crippen LogP contribution in [0.25, 0.3) is 0 Å². The van der Waals surface area contributed by atoms with Gasteiger partial charge in [0.25, 0.3) is 5.91 Å². The first-order valence-electron chi connectivity index (χ1n) is 5.77. The quantitative estimate of drug-likeness (QED) is 0.834. The molecule has 1 aliphatic heterocycles. The number of esters is 1. The van der Waals surface area contributed by atoms with E-state index in [1.807, 2.05) is 13.8 Å². The Kier molecular flexibility index (Phi) is 3.57. The van der Waals surface area contributed by atoms with Crippen LogP contribution in [0.2, 0.25) is 5.02 Å². The molecule has 0 bridgehead atoms. The van der Waals surface area contributed by atoms with Gasteiger partial charge in [-0.1, -0.05) is 17.7 Å². The molecule has 0 aromatic heterocycles. The van der Waals surface area contributed by atoms with E-state index in [4.69, 9.17) is 16.3 Å². The van der Waals surface area contributed by atoms with Gasteiger partial charge < -0.3 is 10.1 Å². The highest BCUT2D eigenvalue weighted by Crippen LogP contribution is 2.24. The summed E-state index contributed by atoms with van der Waals surface area (Å²) in [4.78, 5) is 23.6. The molecule has 5 heteroatoms. The first kappa shape index (κ1) is 12.9. The highest BCUT2D eigenvalue weighted by atomic mass is 35.5. The minimum atomic E-state index is -0.756. The summed E-state index contributed by atoms with van der Waals surface area (Å²) >= 11 is 5.82. The molecule has 0 unspecified atom stereocenters. The molecule has 1 aromatic carbocycles.